The minimum absolute atomic E-state index is 0.284. The van der Waals surface area contributed by atoms with E-state index in [0.717, 1.165) is 21.4 Å². The maximum atomic E-state index is 12.3. The summed E-state index contributed by atoms with van der Waals surface area (Å²) in [5.41, 5.74) is 3.37. The van der Waals surface area contributed by atoms with Crippen LogP contribution in [0.5, 0.6) is 0 Å². The van der Waals surface area contributed by atoms with Gasteiger partial charge in [0.2, 0.25) is 0 Å². The van der Waals surface area contributed by atoms with Crippen molar-refractivity contribution in [2.24, 2.45) is 0 Å². The van der Waals surface area contributed by atoms with Crippen LogP contribution in [0.15, 0.2) is 82.6 Å². The van der Waals surface area contributed by atoms with Crippen molar-refractivity contribution in [1.29, 1.82) is 0 Å². The standard InChI is InChI=1S/C23H18ClNO2S/c1-15-7-9-16(10-8-15)14-25-20-12-11-17(24)13-19(20)22(21(25)23(26)27)28-18-5-3-2-4-6-18/h2-13H,14H2,1H3,(H,26,27). The lowest BCUT2D eigenvalue weighted by atomic mass is 10.1. The molecule has 0 fully saturated rings. The molecule has 3 nitrogen and oxygen atoms in total. The number of carboxylic acid groups (broad SMARTS) is 1. The summed E-state index contributed by atoms with van der Waals surface area (Å²) in [6, 6.07) is 23.5. The Labute approximate surface area is 172 Å². The summed E-state index contributed by atoms with van der Waals surface area (Å²) >= 11 is 7.70. The average molecular weight is 408 g/mol. The molecule has 3 aromatic carbocycles. The lowest BCUT2D eigenvalue weighted by Gasteiger charge is -2.10. The Morgan fingerprint density at radius 2 is 1.75 bits per heavy atom. The predicted molar refractivity (Wildman–Crippen MR) is 115 cm³/mol. The number of aromatic nitrogens is 1. The molecule has 1 heterocycles. The summed E-state index contributed by atoms with van der Waals surface area (Å²) in [4.78, 5) is 14.0. The van der Waals surface area contributed by atoms with Gasteiger partial charge in [-0.3, -0.25) is 0 Å². The third-order valence-corrected chi connectivity index (χ3v) is 5.97. The number of benzene rings is 3. The molecule has 1 N–H and O–H groups in total. The molecule has 0 spiro atoms. The number of rotatable bonds is 5. The molecule has 4 aromatic rings. The van der Waals surface area contributed by atoms with E-state index in [1.54, 1.807) is 6.07 Å². The fourth-order valence-corrected chi connectivity index (χ4v) is 4.53. The molecule has 0 aliphatic heterocycles. The Morgan fingerprint density at radius 3 is 2.43 bits per heavy atom. The van der Waals surface area contributed by atoms with Crippen molar-refractivity contribution in [2.75, 3.05) is 0 Å². The van der Waals surface area contributed by atoms with Gasteiger partial charge in [0.25, 0.3) is 0 Å². The van der Waals surface area contributed by atoms with Crippen molar-refractivity contribution in [2.45, 2.75) is 23.3 Å². The maximum Gasteiger partial charge on any atom is 0.353 e. The predicted octanol–water partition coefficient (Wildman–Crippen LogP) is 6.50. The van der Waals surface area contributed by atoms with Crippen LogP contribution < -0.4 is 0 Å². The van der Waals surface area contributed by atoms with Gasteiger partial charge in [-0.05, 0) is 42.8 Å². The molecular formula is C23H18ClNO2S. The molecule has 0 bridgehead atoms. The highest BCUT2D eigenvalue weighted by Gasteiger charge is 2.23. The van der Waals surface area contributed by atoms with Gasteiger partial charge in [0.05, 0.1) is 10.4 Å². The van der Waals surface area contributed by atoms with Gasteiger partial charge in [0, 0.05) is 21.8 Å². The SMILES string of the molecule is Cc1ccc(Cn2c(C(=O)O)c(Sc3ccccc3)c3cc(Cl)ccc32)cc1. The largest absolute Gasteiger partial charge is 0.477 e. The van der Waals surface area contributed by atoms with Gasteiger partial charge in [-0.1, -0.05) is 71.4 Å². The Kier molecular flexibility index (Phi) is 5.16. The van der Waals surface area contributed by atoms with Gasteiger partial charge in [-0.25, -0.2) is 4.79 Å². The van der Waals surface area contributed by atoms with E-state index in [-0.39, 0.29) is 5.69 Å². The number of hydrogen-bond donors (Lipinski definition) is 1. The Bertz CT molecular complexity index is 1150. The second-order valence-corrected chi connectivity index (χ2v) is 8.15. The van der Waals surface area contributed by atoms with E-state index in [9.17, 15) is 9.90 Å². The van der Waals surface area contributed by atoms with E-state index >= 15 is 0 Å². The number of carbonyl (C=O) groups is 1. The average Bonchev–Trinajstić information content (AvgIpc) is 2.97. The molecule has 28 heavy (non-hydrogen) atoms. The lowest BCUT2D eigenvalue weighted by molar-refractivity contribution is 0.0682. The summed E-state index contributed by atoms with van der Waals surface area (Å²) in [5, 5.41) is 11.5. The summed E-state index contributed by atoms with van der Waals surface area (Å²) in [7, 11) is 0. The fourth-order valence-electron chi connectivity index (χ4n) is 3.26. The smallest absolute Gasteiger partial charge is 0.353 e. The lowest BCUT2D eigenvalue weighted by Crippen LogP contribution is -2.10. The van der Waals surface area contributed by atoms with Crippen LogP contribution in [0.4, 0.5) is 0 Å². The van der Waals surface area contributed by atoms with Crippen LogP contribution in [-0.2, 0) is 6.54 Å². The summed E-state index contributed by atoms with van der Waals surface area (Å²) in [6.07, 6.45) is 0. The zero-order chi connectivity index (χ0) is 19.7. The van der Waals surface area contributed by atoms with Crippen LogP contribution in [0.1, 0.15) is 21.6 Å². The first kappa shape index (κ1) is 18.7. The van der Waals surface area contributed by atoms with Crippen molar-refractivity contribution < 1.29 is 9.90 Å². The molecule has 0 amide bonds. The van der Waals surface area contributed by atoms with Crippen molar-refractivity contribution >= 4 is 40.2 Å². The molecule has 0 atom stereocenters. The summed E-state index contributed by atoms with van der Waals surface area (Å²) < 4.78 is 1.87. The third kappa shape index (κ3) is 3.66. The highest BCUT2D eigenvalue weighted by Crippen LogP contribution is 2.40. The quantitative estimate of drug-likeness (QED) is 0.410. The van der Waals surface area contributed by atoms with Crippen molar-refractivity contribution in [3.8, 4) is 0 Å². The molecule has 140 valence electrons. The van der Waals surface area contributed by atoms with Gasteiger partial charge in [0.15, 0.2) is 0 Å². The molecule has 0 saturated heterocycles. The van der Waals surface area contributed by atoms with E-state index in [2.05, 4.69) is 0 Å². The Hall–Kier alpha value is -2.69. The molecule has 0 aliphatic carbocycles. The third-order valence-electron chi connectivity index (χ3n) is 4.61. The van der Waals surface area contributed by atoms with Crippen LogP contribution in [0.3, 0.4) is 0 Å². The van der Waals surface area contributed by atoms with E-state index < -0.39 is 5.97 Å². The molecule has 1 aromatic heterocycles. The van der Waals surface area contributed by atoms with E-state index in [1.165, 1.54) is 17.3 Å². The zero-order valence-electron chi connectivity index (χ0n) is 15.2. The second-order valence-electron chi connectivity index (χ2n) is 6.63. The summed E-state index contributed by atoms with van der Waals surface area (Å²) in [5.74, 6) is -0.946. The molecule has 0 saturated carbocycles. The monoisotopic (exact) mass is 407 g/mol. The first-order chi connectivity index (χ1) is 13.5. The second kappa shape index (κ2) is 7.74. The van der Waals surface area contributed by atoms with E-state index in [4.69, 9.17) is 11.6 Å². The number of nitrogens with zero attached hydrogens (tertiary/aromatic N) is 1. The number of fused-ring (bicyclic) bond motifs is 1. The molecule has 0 aliphatic rings. The Morgan fingerprint density at radius 1 is 1.04 bits per heavy atom. The van der Waals surface area contributed by atoms with Crippen LogP contribution in [0, 0.1) is 6.92 Å². The van der Waals surface area contributed by atoms with Crippen molar-refractivity contribution in [1.82, 2.24) is 4.57 Å². The van der Waals surface area contributed by atoms with Crippen LogP contribution in [0.25, 0.3) is 10.9 Å². The van der Waals surface area contributed by atoms with E-state index in [0.29, 0.717) is 16.5 Å². The molecular weight excluding hydrogens is 390 g/mol. The van der Waals surface area contributed by atoms with Gasteiger partial charge in [0.1, 0.15) is 5.69 Å². The van der Waals surface area contributed by atoms with Crippen LogP contribution >= 0.6 is 23.4 Å². The number of carboxylic acids is 1. The number of halogens is 1. The number of aryl methyl sites for hydroxylation is 1. The highest BCUT2D eigenvalue weighted by molar-refractivity contribution is 7.99. The number of hydrogen-bond acceptors (Lipinski definition) is 2. The minimum atomic E-state index is -0.946. The fraction of sp³-hybridized carbons (Fsp3) is 0.0870. The van der Waals surface area contributed by atoms with Crippen LogP contribution in [0.2, 0.25) is 5.02 Å². The topological polar surface area (TPSA) is 42.2 Å². The normalized spacial score (nSPS) is 11.1. The first-order valence-corrected chi connectivity index (χ1v) is 10.1. The van der Waals surface area contributed by atoms with E-state index in [1.807, 2.05) is 78.2 Å². The van der Waals surface area contributed by atoms with Gasteiger partial charge >= 0.3 is 5.97 Å². The van der Waals surface area contributed by atoms with Gasteiger partial charge < -0.3 is 9.67 Å². The molecule has 4 rings (SSSR count). The maximum absolute atomic E-state index is 12.3. The molecule has 0 radical (unpaired) electrons. The van der Waals surface area contributed by atoms with Gasteiger partial charge in [-0.2, -0.15) is 0 Å². The highest BCUT2D eigenvalue weighted by atomic mass is 35.5. The zero-order valence-corrected chi connectivity index (χ0v) is 16.8. The summed E-state index contributed by atoms with van der Waals surface area (Å²) in [6.45, 7) is 2.52. The molecule has 0 unspecified atom stereocenters. The molecule has 5 heteroatoms. The number of aromatic carboxylic acids is 1. The Balaban J connectivity index is 1.91. The minimum Gasteiger partial charge on any atom is -0.477 e. The van der Waals surface area contributed by atoms with Crippen molar-refractivity contribution in [3.63, 3.8) is 0 Å². The van der Waals surface area contributed by atoms with Gasteiger partial charge in [-0.15, -0.1) is 0 Å². The van der Waals surface area contributed by atoms with Crippen molar-refractivity contribution in [3.05, 3.63) is 94.6 Å². The first-order valence-electron chi connectivity index (χ1n) is 8.86. The van der Waals surface area contributed by atoms with Crippen LogP contribution in [-0.4, -0.2) is 15.6 Å².